The third-order valence-electron chi connectivity index (χ3n) is 2.68. The van der Waals surface area contributed by atoms with Crippen molar-refractivity contribution < 1.29 is 18.0 Å². The lowest BCUT2D eigenvalue weighted by Gasteiger charge is -2.21. The number of halogens is 4. The molecule has 0 aliphatic carbocycles. The van der Waals surface area contributed by atoms with Crippen molar-refractivity contribution in [1.29, 1.82) is 0 Å². The van der Waals surface area contributed by atoms with Gasteiger partial charge in [0.2, 0.25) is 0 Å². The minimum atomic E-state index is -4.23. The molecule has 19 heavy (non-hydrogen) atoms. The van der Waals surface area contributed by atoms with Crippen LogP contribution in [-0.2, 0) is 0 Å². The molecule has 0 aliphatic rings. The molecule has 0 saturated heterocycles. The van der Waals surface area contributed by atoms with Gasteiger partial charge < -0.3 is 0 Å². The summed E-state index contributed by atoms with van der Waals surface area (Å²) in [5.41, 5.74) is 0.505. The maximum absolute atomic E-state index is 12.3. The zero-order valence-electron chi connectivity index (χ0n) is 10.5. The lowest BCUT2D eigenvalue weighted by Crippen LogP contribution is -2.35. The number of carbonyl (C=O) groups excluding carboxylic acids is 1. The lowest BCUT2D eigenvalue weighted by molar-refractivity contribution is -0.145. The van der Waals surface area contributed by atoms with E-state index in [1.807, 2.05) is 0 Å². The van der Waals surface area contributed by atoms with Gasteiger partial charge >= 0.3 is 6.18 Å². The first kappa shape index (κ1) is 16.2. The van der Waals surface area contributed by atoms with Crippen molar-refractivity contribution in [2.24, 2.45) is 0 Å². The summed E-state index contributed by atoms with van der Waals surface area (Å²) in [6, 6.07) is 6.90. The van der Waals surface area contributed by atoms with E-state index in [1.165, 1.54) is 4.90 Å². The molecule has 0 radical (unpaired) electrons. The van der Waals surface area contributed by atoms with Crippen molar-refractivity contribution in [3.63, 3.8) is 0 Å². The number of alkyl halides is 3. The third kappa shape index (κ3) is 5.74. The van der Waals surface area contributed by atoms with Gasteiger partial charge in [-0.05, 0) is 12.6 Å². The Bertz CT molecular complexity index is 434. The van der Waals surface area contributed by atoms with E-state index in [9.17, 15) is 18.0 Å². The van der Waals surface area contributed by atoms with Crippen molar-refractivity contribution in [1.82, 2.24) is 4.90 Å². The number of carbonyl (C=O) groups is 1. The molecule has 1 aromatic carbocycles. The van der Waals surface area contributed by atoms with Crippen LogP contribution in [0.1, 0.15) is 23.7 Å². The molecule has 0 spiro atoms. The quantitative estimate of drug-likeness (QED) is 0.733. The number of benzene rings is 1. The van der Waals surface area contributed by atoms with Crippen LogP contribution >= 0.6 is 15.9 Å². The second-order valence-electron chi connectivity index (χ2n) is 4.14. The van der Waals surface area contributed by atoms with Gasteiger partial charge in [-0.2, -0.15) is 13.2 Å². The topological polar surface area (TPSA) is 20.3 Å². The highest BCUT2D eigenvalue weighted by molar-refractivity contribution is 9.10. The number of Topliss-reactive ketones (excluding diaryl/α,β-unsaturated/α-hetero) is 1. The SMILES string of the molecule is CCN(CCC(=O)c1ccccc1Br)CC(F)(F)F. The smallest absolute Gasteiger partial charge is 0.295 e. The minimum absolute atomic E-state index is 0.0759. The van der Waals surface area contributed by atoms with E-state index in [2.05, 4.69) is 15.9 Å². The van der Waals surface area contributed by atoms with Crippen molar-refractivity contribution in [2.45, 2.75) is 19.5 Å². The summed E-state index contributed by atoms with van der Waals surface area (Å²) in [4.78, 5) is 13.1. The fourth-order valence-electron chi connectivity index (χ4n) is 1.68. The fraction of sp³-hybridized carbons (Fsp3) is 0.462. The standard InChI is InChI=1S/C13H15BrF3NO/c1-2-18(9-13(15,16)17)8-7-12(19)10-5-3-4-6-11(10)14/h3-6H,2,7-9H2,1H3. The number of nitrogens with zero attached hydrogens (tertiary/aromatic N) is 1. The van der Waals surface area contributed by atoms with E-state index in [4.69, 9.17) is 0 Å². The van der Waals surface area contributed by atoms with Crippen LogP contribution in [0.15, 0.2) is 28.7 Å². The summed E-state index contributed by atoms with van der Waals surface area (Å²) < 4.78 is 37.5. The van der Waals surface area contributed by atoms with Crippen LogP contribution in [0.3, 0.4) is 0 Å². The van der Waals surface area contributed by atoms with Gasteiger partial charge in [-0.15, -0.1) is 0 Å². The molecule has 0 atom stereocenters. The van der Waals surface area contributed by atoms with Crippen LogP contribution < -0.4 is 0 Å². The van der Waals surface area contributed by atoms with Gasteiger partial charge in [0, 0.05) is 23.0 Å². The number of hydrogen-bond acceptors (Lipinski definition) is 2. The van der Waals surface area contributed by atoms with Gasteiger partial charge in [0.05, 0.1) is 6.54 Å². The summed E-state index contributed by atoms with van der Waals surface area (Å²) in [7, 11) is 0. The van der Waals surface area contributed by atoms with Gasteiger partial charge in [-0.25, -0.2) is 0 Å². The average molecular weight is 338 g/mol. The first-order valence-corrected chi connectivity index (χ1v) is 6.69. The molecule has 0 fully saturated rings. The summed E-state index contributed by atoms with van der Waals surface area (Å²) >= 11 is 3.26. The normalized spacial score (nSPS) is 11.9. The van der Waals surface area contributed by atoms with E-state index in [0.29, 0.717) is 10.0 Å². The Morgan fingerprint density at radius 2 is 1.95 bits per heavy atom. The monoisotopic (exact) mass is 337 g/mol. The number of hydrogen-bond donors (Lipinski definition) is 0. The summed E-state index contributed by atoms with van der Waals surface area (Å²) in [6.45, 7) is 1.04. The van der Waals surface area contributed by atoms with Crippen LogP contribution in [0.2, 0.25) is 0 Å². The largest absolute Gasteiger partial charge is 0.401 e. The maximum atomic E-state index is 12.3. The Labute approximate surface area is 118 Å². The van der Waals surface area contributed by atoms with E-state index in [0.717, 1.165) is 0 Å². The van der Waals surface area contributed by atoms with Gasteiger partial charge in [-0.3, -0.25) is 9.69 Å². The van der Waals surface area contributed by atoms with Gasteiger partial charge in [0.1, 0.15) is 0 Å². The van der Waals surface area contributed by atoms with Crippen LogP contribution in [0.25, 0.3) is 0 Å². The molecule has 0 unspecified atom stereocenters. The van der Waals surface area contributed by atoms with Gasteiger partial charge in [0.15, 0.2) is 5.78 Å². The first-order valence-electron chi connectivity index (χ1n) is 5.90. The van der Waals surface area contributed by atoms with Crippen molar-refractivity contribution in [3.05, 3.63) is 34.3 Å². The fourth-order valence-corrected chi connectivity index (χ4v) is 2.19. The maximum Gasteiger partial charge on any atom is 0.401 e. The molecule has 0 aliphatic heterocycles. The van der Waals surface area contributed by atoms with Gasteiger partial charge in [0.25, 0.3) is 0 Å². The average Bonchev–Trinajstić information content (AvgIpc) is 2.33. The molecule has 0 amide bonds. The van der Waals surface area contributed by atoms with E-state index in [-0.39, 0.29) is 25.3 Å². The molecule has 0 saturated carbocycles. The molecule has 2 nitrogen and oxygen atoms in total. The van der Waals surface area contributed by atoms with Crippen LogP contribution in [0, 0.1) is 0 Å². The summed E-state index contributed by atoms with van der Waals surface area (Å²) in [6.07, 6.45) is -4.15. The van der Waals surface area contributed by atoms with Crippen molar-refractivity contribution >= 4 is 21.7 Å². The molecule has 0 bridgehead atoms. The molecular weight excluding hydrogens is 323 g/mol. The van der Waals surface area contributed by atoms with E-state index >= 15 is 0 Å². The highest BCUT2D eigenvalue weighted by Crippen LogP contribution is 2.19. The van der Waals surface area contributed by atoms with Crippen LogP contribution in [-0.4, -0.2) is 36.5 Å². The molecule has 0 heterocycles. The number of ketones is 1. The highest BCUT2D eigenvalue weighted by atomic mass is 79.9. The first-order chi connectivity index (χ1) is 8.83. The highest BCUT2D eigenvalue weighted by Gasteiger charge is 2.30. The van der Waals surface area contributed by atoms with Crippen molar-refractivity contribution in [2.75, 3.05) is 19.6 Å². The Kier molecular flexibility index (Phi) is 6.00. The van der Waals surface area contributed by atoms with E-state index < -0.39 is 12.7 Å². The van der Waals surface area contributed by atoms with Gasteiger partial charge in [-0.1, -0.05) is 41.1 Å². The Hall–Kier alpha value is -0.880. The van der Waals surface area contributed by atoms with Crippen LogP contribution in [0.5, 0.6) is 0 Å². The Morgan fingerprint density at radius 3 is 2.47 bits per heavy atom. The molecule has 106 valence electrons. The summed E-state index contributed by atoms with van der Waals surface area (Å²) in [5, 5.41) is 0. The lowest BCUT2D eigenvalue weighted by atomic mass is 10.1. The zero-order valence-corrected chi connectivity index (χ0v) is 12.1. The third-order valence-corrected chi connectivity index (χ3v) is 3.37. The van der Waals surface area contributed by atoms with Crippen molar-refractivity contribution in [3.8, 4) is 0 Å². The molecule has 0 aromatic heterocycles. The predicted molar refractivity (Wildman–Crippen MR) is 71.3 cm³/mol. The second kappa shape index (κ2) is 7.05. The number of rotatable bonds is 6. The summed E-state index contributed by atoms with van der Waals surface area (Å²) in [5.74, 6) is -0.159. The Morgan fingerprint density at radius 1 is 1.32 bits per heavy atom. The molecule has 6 heteroatoms. The second-order valence-corrected chi connectivity index (χ2v) is 4.99. The molecule has 0 N–H and O–H groups in total. The Balaban J connectivity index is 2.56. The minimum Gasteiger partial charge on any atom is -0.295 e. The zero-order chi connectivity index (χ0) is 14.5. The molecule has 1 aromatic rings. The molecular formula is C13H15BrF3NO. The van der Waals surface area contributed by atoms with Crippen LogP contribution in [0.4, 0.5) is 13.2 Å². The molecule has 1 rings (SSSR count). The van der Waals surface area contributed by atoms with E-state index in [1.54, 1.807) is 31.2 Å². The predicted octanol–water partition coefficient (Wildman–Crippen LogP) is 3.91.